The van der Waals surface area contributed by atoms with Gasteiger partial charge in [0.2, 0.25) is 0 Å². The van der Waals surface area contributed by atoms with Crippen molar-refractivity contribution in [2.75, 3.05) is 18.6 Å². The van der Waals surface area contributed by atoms with Gasteiger partial charge in [-0.1, -0.05) is 0 Å². The number of hydrogen-bond acceptors (Lipinski definition) is 4. The number of methoxy groups -OCH3 is 1. The summed E-state index contributed by atoms with van der Waals surface area (Å²) in [5, 5.41) is 0. The molecular formula is C10H13NO2S. The second-order valence-corrected chi connectivity index (χ2v) is 3.93. The molecular weight excluding hydrogens is 198 g/mol. The summed E-state index contributed by atoms with van der Waals surface area (Å²) in [7, 11) is 1.39. The van der Waals surface area contributed by atoms with Crippen molar-refractivity contribution in [3.8, 4) is 0 Å². The van der Waals surface area contributed by atoms with Gasteiger partial charge in [0.1, 0.15) is 0 Å². The van der Waals surface area contributed by atoms with Gasteiger partial charge < -0.3 is 10.5 Å². The van der Waals surface area contributed by atoms with Gasteiger partial charge in [-0.05, 0) is 30.7 Å². The van der Waals surface area contributed by atoms with E-state index in [1.807, 2.05) is 25.1 Å². The van der Waals surface area contributed by atoms with Crippen LogP contribution in [0.25, 0.3) is 0 Å². The molecule has 76 valence electrons. The van der Waals surface area contributed by atoms with Crippen LogP contribution in [0.3, 0.4) is 0 Å². The van der Waals surface area contributed by atoms with E-state index in [4.69, 9.17) is 5.73 Å². The molecule has 2 N–H and O–H groups in total. The topological polar surface area (TPSA) is 52.3 Å². The van der Waals surface area contributed by atoms with Crippen LogP contribution < -0.4 is 5.73 Å². The van der Waals surface area contributed by atoms with Gasteiger partial charge in [-0.3, -0.25) is 4.79 Å². The van der Waals surface area contributed by atoms with E-state index in [1.165, 1.54) is 18.9 Å². The Hall–Kier alpha value is -1.16. The van der Waals surface area contributed by atoms with E-state index in [0.29, 0.717) is 5.75 Å². The Labute approximate surface area is 87.6 Å². The summed E-state index contributed by atoms with van der Waals surface area (Å²) in [6.45, 7) is 1.94. The molecule has 1 aromatic carbocycles. The third kappa shape index (κ3) is 2.96. The molecule has 0 radical (unpaired) electrons. The van der Waals surface area contributed by atoms with Crippen molar-refractivity contribution < 1.29 is 9.53 Å². The molecule has 1 aromatic rings. The first kappa shape index (κ1) is 10.9. The SMILES string of the molecule is COC(=O)CSc1ccc(N)c(C)c1. The van der Waals surface area contributed by atoms with Crippen LogP contribution in [-0.4, -0.2) is 18.8 Å². The maximum Gasteiger partial charge on any atom is 0.315 e. The van der Waals surface area contributed by atoms with Gasteiger partial charge in [-0.15, -0.1) is 11.8 Å². The number of carbonyl (C=O) groups excluding carboxylic acids is 1. The number of carbonyl (C=O) groups is 1. The standard InChI is InChI=1S/C10H13NO2S/c1-7-5-8(3-4-9(7)11)14-6-10(12)13-2/h3-5H,6,11H2,1-2H3. The summed E-state index contributed by atoms with van der Waals surface area (Å²) in [4.78, 5) is 11.9. The number of hydrogen-bond donors (Lipinski definition) is 1. The minimum atomic E-state index is -0.218. The normalized spacial score (nSPS) is 9.86. The third-order valence-electron chi connectivity index (χ3n) is 1.83. The van der Waals surface area contributed by atoms with Gasteiger partial charge in [0.25, 0.3) is 0 Å². The quantitative estimate of drug-likeness (QED) is 0.471. The van der Waals surface area contributed by atoms with Gasteiger partial charge in [0, 0.05) is 10.6 Å². The first-order chi connectivity index (χ1) is 6.63. The molecule has 0 bridgehead atoms. The molecule has 3 nitrogen and oxygen atoms in total. The third-order valence-corrected chi connectivity index (χ3v) is 2.79. The fourth-order valence-electron chi connectivity index (χ4n) is 0.939. The zero-order chi connectivity index (χ0) is 10.6. The Balaban J connectivity index is 2.60. The summed E-state index contributed by atoms with van der Waals surface area (Å²) in [6.07, 6.45) is 0. The number of aryl methyl sites for hydroxylation is 1. The lowest BCUT2D eigenvalue weighted by Crippen LogP contribution is -2.02. The number of benzene rings is 1. The number of nitrogens with two attached hydrogens (primary N) is 1. The smallest absolute Gasteiger partial charge is 0.315 e. The predicted molar refractivity (Wildman–Crippen MR) is 58.3 cm³/mol. The first-order valence-electron chi connectivity index (χ1n) is 4.19. The number of nitrogen functional groups attached to an aromatic ring is 1. The van der Waals surface area contributed by atoms with E-state index in [2.05, 4.69) is 4.74 Å². The second kappa shape index (κ2) is 4.91. The van der Waals surface area contributed by atoms with E-state index in [0.717, 1.165) is 16.1 Å². The molecule has 0 aliphatic rings. The predicted octanol–water partition coefficient (Wildman–Crippen LogP) is 1.84. The van der Waals surface area contributed by atoms with Crippen LogP contribution in [0.4, 0.5) is 5.69 Å². The van der Waals surface area contributed by atoms with Gasteiger partial charge in [0.15, 0.2) is 0 Å². The lowest BCUT2D eigenvalue weighted by Gasteiger charge is -2.03. The average Bonchev–Trinajstić information content (AvgIpc) is 2.19. The molecule has 0 heterocycles. The molecule has 1 rings (SSSR count). The Kier molecular flexibility index (Phi) is 3.83. The van der Waals surface area contributed by atoms with E-state index in [-0.39, 0.29) is 5.97 Å². The maximum absolute atomic E-state index is 10.9. The molecule has 4 heteroatoms. The van der Waals surface area contributed by atoms with Crippen LogP contribution in [-0.2, 0) is 9.53 Å². The summed E-state index contributed by atoms with van der Waals surface area (Å²) in [5.74, 6) is 0.115. The molecule has 0 saturated carbocycles. The van der Waals surface area contributed by atoms with Crippen molar-refractivity contribution in [2.24, 2.45) is 0 Å². The largest absolute Gasteiger partial charge is 0.468 e. The van der Waals surface area contributed by atoms with Crippen LogP contribution in [0.5, 0.6) is 0 Å². The van der Waals surface area contributed by atoms with Gasteiger partial charge in [-0.2, -0.15) is 0 Å². The number of esters is 1. The molecule has 0 saturated heterocycles. The van der Waals surface area contributed by atoms with Crippen molar-refractivity contribution in [1.29, 1.82) is 0 Å². The van der Waals surface area contributed by atoms with Gasteiger partial charge >= 0.3 is 5.97 Å². The van der Waals surface area contributed by atoms with Crippen LogP contribution in [0.1, 0.15) is 5.56 Å². The lowest BCUT2D eigenvalue weighted by molar-refractivity contribution is -0.137. The highest BCUT2D eigenvalue weighted by atomic mass is 32.2. The van der Waals surface area contributed by atoms with Crippen LogP contribution >= 0.6 is 11.8 Å². The molecule has 0 amide bonds. The summed E-state index contributed by atoms with van der Waals surface area (Å²) < 4.78 is 4.54. The average molecular weight is 211 g/mol. The van der Waals surface area contributed by atoms with E-state index in [9.17, 15) is 4.79 Å². The first-order valence-corrected chi connectivity index (χ1v) is 5.18. The van der Waals surface area contributed by atoms with Crippen molar-refractivity contribution >= 4 is 23.4 Å². The summed E-state index contributed by atoms with van der Waals surface area (Å²) in [6, 6.07) is 5.70. The van der Waals surface area contributed by atoms with Crippen LogP contribution in [0.2, 0.25) is 0 Å². The van der Waals surface area contributed by atoms with Gasteiger partial charge in [-0.25, -0.2) is 0 Å². The van der Waals surface area contributed by atoms with Crippen molar-refractivity contribution in [3.05, 3.63) is 23.8 Å². The fraction of sp³-hybridized carbons (Fsp3) is 0.300. The van der Waals surface area contributed by atoms with Crippen molar-refractivity contribution in [3.63, 3.8) is 0 Å². The monoisotopic (exact) mass is 211 g/mol. The number of rotatable bonds is 3. The highest BCUT2D eigenvalue weighted by Gasteiger charge is 2.02. The molecule has 0 aromatic heterocycles. The maximum atomic E-state index is 10.9. The molecule has 0 spiro atoms. The number of anilines is 1. The molecule has 14 heavy (non-hydrogen) atoms. The zero-order valence-electron chi connectivity index (χ0n) is 8.24. The molecule has 0 aliphatic heterocycles. The van der Waals surface area contributed by atoms with E-state index < -0.39 is 0 Å². The Morgan fingerprint density at radius 2 is 2.29 bits per heavy atom. The highest BCUT2D eigenvalue weighted by molar-refractivity contribution is 8.00. The molecule has 0 fully saturated rings. The molecule has 0 aliphatic carbocycles. The molecule has 0 atom stereocenters. The summed E-state index contributed by atoms with van der Waals surface area (Å²) in [5.41, 5.74) is 7.47. The van der Waals surface area contributed by atoms with E-state index >= 15 is 0 Å². The number of ether oxygens (including phenoxy) is 1. The number of thioether (sulfide) groups is 1. The lowest BCUT2D eigenvalue weighted by atomic mass is 10.2. The van der Waals surface area contributed by atoms with Crippen molar-refractivity contribution in [1.82, 2.24) is 0 Å². The Bertz CT molecular complexity index is 339. The minimum Gasteiger partial charge on any atom is -0.468 e. The molecule has 0 unspecified atom stereocenters. The minimum absolute atomic E-state index is 0.218. The Morgan fingerprint density at radius 1 is 1.57 bits per heavy atom. The van der Waals surface area contributed by atoms with Gasteiger partial charge in [0.05, 0.1) is 12.9 Å². The second-order valence-electron chi connectivity index (χ2n) is 2.88. The fourth-order valence-corrected chi connectivity index (χ4v) is 1.77. The van der Waals surface area contributed by atoms with E-state index in [1.54, 1.807) is 0 Å². The van der Waals surface area contributed by atoms with Crippen LogP contribution in [0, 0.1) is 6.92 Å². The summed E-state index contributed by atoms with van der Waals surface area (Å²) >= 11 is 1.45. The zero-order valence-corrected chi connectivity index (χ0v) is 9.06. The highest BCUT2D eigenvalue weighted by Crippen LogP contribution is 2.22. The van der Waals surface area contributed by atoms with Crippen molar-refractivity contribution in [2.45, 2.75) is 11.8 Å². The Morgan fingerprint density at radius 3 is 2.86 bits per heavy atom. The van der Waals surface area contributed by atoms with Crippen LogP contribution in [0.15, 0.2) is 23.1 Å².